The zero-order chi connectivity index (χ0) is 33.9. The van der Waals surface area contributed by atoms with Crippen LogP contribution in [-0.4, -0.2) is 38.7 Å². The fraction of sp³-hybridized carbons (Fsp3) is 0.146. The van der Waals surface area contributed by atoms with Crippen molar-refractivity contribution in [1.82, 2.24) is 0 Å². The van der Waals surface area contributed by atoms with Crippen LogP contribution in [0.1, 0.15) is 51.8 Å². The predicted octanol–water partition coefficient (Wildman–Crippen LogP) is 9.67. The number of fused-ring (bicyclic) bond motifs is 2. The summed E-state index contributed by atoms with van der Waals surface area (Å²) in [5.74, 6) is 2.73. The summed E-state index contributed by atoms with van der Waals surface area (Å²) in [5.41, 5.74) is 4.43. The Balaban J connectivity index is 0.000000160. The van der Waals surface area contributed by atoms with Gasteiger partial charge in [0, 0.05) is 22.1 Å². The van der Waals surface area contributed by atoms with Gasteiger partial charge in [-0.2, -0.15) is 0 Å². The SMILES string of the molecule is COc1ccc(-c2ccc(C(C)=O)cc2)cc1.COc1ccc2cc(C(C)=O)ccc2c1.COc1cccc2c(C(C)=O)cccc12. The molecule has 47 heavy (non-hydrogen) atoms. The van der Waals surface area contributed by atoms with E-state index in [9.17, 15) is 14.4 Å². The third-order valence-electron chi connectivity index (χ3n) is 7.65. The highest BCUT2D eigenvalue weighted by Crippen LogP contribution is 2.28. The molecule has 6 heteroatoms. The van der Waals surface area contributed by atoms with Crippen LogP contribution in [0, 0.1) is 0 Å². The molecule has 0 saturated carbocycles. The maximum absolute atomic E-state index is 11.4. The van der Waals surface area contributed by atoms with Crippen molar-refractivity contribution in [2.45, 2.75) is 20.8 Å². The molecule has 0 saturated heterocycles. The Morgan fingerprint density at radius 1 is 0.447 bits per heavy atom. The van der Waals surface area contributed by atoms with Crippen LogP contribution in [0.2, 0.25) is 0 Å². The van der Waals surface area contributed by atoms with Crippen molar-refractivity contribution in [2.24, 2.45) is 0 Å². The minimum Gasteiger partial charge on any atom is -0.497 e. The van der Waals surface area contributed by atoms with E-state index >= 15 is 0 Å². The maximum Gasteiger partial charge on any atom is 0.160 e. The minimum atomic E-state index is 0.0776. The van der Waals surface area contributed by atoms with Gasteiger partial charge in [0.25, 0.3) is 0 Å². The number of ketones is 3. The molecule has 6 aromatic carbocycles. The van der Waals surface area contributed by atoms with E-state index in [0.717, 1.165) is 66.6 Å². The van der Waals surface area contributed by atoms with Crippen LogP contribution in [0.5, 0.6) is 17.2 Å². The summed E-state index contributed by atoms with van der Waals surface area (Å²) in [7, 11) is 4.93. The highest BCUT2D eigenvalue weighted by molar-refractivity contribution is 6.08. The molecule has 0 aromatic heterocycles. The van der Waals surface area contributed by atoms with Crippen LogP contribution < -0.4 is 14.2 Å². The normalized spacial score (nSPS) is 10.2. The van der Waals surface area contributed by atoms with Gasteiger partial charge >= 0.3 is 0 Å². The largest absolute Gasteiger partial charge is 0.497 e. The van der Waals surface area contributed by atoms with Crippen molar-refractivity contribution in [3.8, 4) is 28.4 Å². The van der Waals surface area contributed by atoms with Gasteiger partial charge in [-0.1, -0.05) is 84.9 Å². The number of ether oxygens (including phenoxy) is 3. The van der Waals surface area contributed by atoms with E-state index in [2.05, 4.69) is 0 Å². The van der Waals surface area contributed by atoms with Crippen molar-refractivity contribution in [3.05, 3.63) is 138 Å². The number of Topliss-reactive ketones (excluding diaryl/α,β-unsaturated/α-hetero) is 3. The third kappa shape index (κ3) is 8.70. The standard InChI is InChI=1S/C15H14O2.2C13H12O2/c1-11(16)12-3-5-13(6-4-12)14-7-9-15(17-2)10-8-14;1-9(14)10-5-3-7-12-11(10)6-4-8-13(12)15-2;1-9(14)10-3-4-12-8-13(15-2)6-5-11(12)7-10/h3-10H,1-2H3;2*3-8H,1-2H3. The average Bonchev–Trinajstić information content (AvgIpc) is 3.11. The summed E-state index contributed by atoms with van der Waals surface area (Å²) in [6.07, 6.45) is 0. The molecule has 0 bridgehead atoms. The molecular formula is C41H38O6. The molecule has 0 heterocycles. The average molecular weight is 627 g/mol. The predicted molar refractivity (Wildman–Crippen MR) is 189 cm³/mol. The van der Waals surface area contributed by atoms with E-state index in [1.165, 1.54) is 0 Å². The van der Waals surface area contributed by atoms with Crippen LogP contribution >= 0.6 is 0 Å². The van der Waals surface area contributed by atoms with Crippen LogP contribution in [0.4, 0.5) is 0 Å². The topological polar surface area (TPSA) is 78.9 Å². The van der Waals surface area contributed by atoms with E-state index in [1.54, 1.807) is 42.1 Å². The minimum absolute atomic E-state index is 0.0776. The number of benzene rings is 6. The van der Waals surface area contributed by atoms with Crippen LogP contribution in [0.3, 0.4) is 0 Å². The maximum atomic E-state index is 11.4. The number of carbonyl (C=O) groups excluding carboxylic acids is 3. The lowest BCUT2D eigenvalue weighted by Gasteiger charge is -2.07. The quantitative estimate of drug-likeness (QED) is 0.164. The first-order valence-corrected chi connectivity index (χ1v) is 15.1. The lowest BCUT2D eigenvalue weighted by atomic mass is 10.0. The summed E-state index contributed by atoms with van der Waals surface area (Å²) in [6.45, 7) is 4.72. The molecule has 0 aliphatic carbocycles. The third-order valence-corrected chi connectivity index (χ3v) is 7.65. The second kappa shape index (κ2) is 16.0. The summed E-state index contributed by atoms with van der Waals surface area (Å²) < 4.78 is 15.5. The number of rotatable bonds is 7. The second-order valence-corrected chi connectivity index (χ2v) is 10.8. The number of hydrogen-bond donors (Lipinski definition) is 0. The molecule has 0 radical (unpaired) electrons. The monoisotopic (exact) mass is 626 g/mol. The summed E-state index contributed by atoms with van der Waals surface area (Å²) in [4.78, 5) is 33.8. The van der Waals surface area contributed by atoms with Crippen molar-refractivity contribution in [1.29, 1.82) is 0 Å². The van der Waals surface area contributed by atoms with Gasteiger partial charge in [0.05, 0.1) is 21.3 Å². The lowest BCUT2D eigenvalue weighted by molar-refractivity contribution is 0.100. The molecule has 0 spiro atoms. The molecule has 238 valence electrons. The van der Waals surface area contributed by atoms with Gasteiger partial charge in [-0.3, -0.25) is 14.4 Å². The Bertz CT molecular complexity index is 2010. The van der Waals surface area contributed by atoms with Crippen LogP contribution in [0.15, 0.2) is 121 Å². The first-order chi connectivity index (χ1) is 22.6. The molecule has 6 nitrogen and oxygen atoms in total. The molecule has 0 amide bonds. The molecule has 0 aliphatic rings. The number of hydrogen-bond acceptors (Lipinski definition) is 6. The van der Waals surface area contributed by atoms with Gasteiger partial charge in [-0.25, -0.2) is 0 Å². The van der Waals surface area contributed by atoms with Gasteiger partial charge in [-0.15, -0.1) is 0 Å². The highest BCUT2D eigenvalue weighted by atomic mass is 16.5. The van der Waals surface area contributed by atoms with E-state index in [1.807, 2.05) is 121 Å². The molecule has 6 aromatic rings. The van der Waals surface area contributed by atoms with Gasteiger partial charge in [0.1, 0.15) is 17.2 Å². The molecule has 0 fully saturated rings. The molecule has 0 atom stereocenters. The Morgan fingerprint density at radius 3 is 1.53 bits per heavy atom. The lowest BCUT2D eigenvalue weighted by Crippen LogP contribution is -1.94. The summed E-state index contributed by atoms with van der Waals surface area (Å²) in [6, 6.07) is 38.4. The van der Waals surface area contributed by atoms with Crippen molar-refractivity contribution in [2.75, 3.05) is 21.3 Å². The van der Waals surface area contributed by atoms with E-state index in [4.69, 9.17) is 14.2 Å². The van der Waals surface area contributed by atoms with E-state index in [-0.39, 0.29) is 17.3 Å². The van der Waals surface area contributed by atoms with Gasteiger partial charge in [-0.05, 0) is 84.5 Å². The first-order valence-electron chi connectivity index (χ1n) is 15.1. The van der Waals surface area contributed by atoms with Crippen LogP contribution in [-0.2, 0) is 0 Å². The van der Waals surface area contributed by atoms with Crippen LogP contribution in [0.25, 0.3) is 32.7 Å². The van der Waals surface area contributed by atoms with Gasteiger partial charge in [0.15, 0.2) is 17.3 Å². The van der Waals surface area contributed by atoms with Crippen molar-refractivity contribution in [3.63, 3.8) is 0 Å². The summed E-state index contributed by atoms with van der Waals surface area (Å²) >= 11 is 0. The first kappa shape index (κ1) is 34.1. The number of methoxy groups -OCH3 is 3. The Hall–Kier alpha value is -5.75. The van der Waals surface area contributed by atoms with Gasteiger partial charge < -0.3 is 14.2 Å². The zero-order valence-electron chi connectivity index (χ0n) is 27.5. The summed E-state index contributed by atoms with van der Waals surface area (Å²) in [5, 5.41) is 4.07. The molecule has 0 unspecified atom stereocenters. The Labute approximate surface area is 275 Å². The Kier molecular flexibility index (Phi) is 11.6. The second-order valence-electron chi connectivity index (χ2n) is 10.8. The molecular weight excluding hydrogens is 588 g/mol. The van der Waals surface area contributed by atoms with E-state index in [0.29, 0.717) is 0 Å². The van der Waals surface area contributed by atoms with Crippen molar-refractivity contribution < 1.29 is 28.6 Å². The van der Waals surface area contributed by atoms with Gasteiger partial charge in [0.2, 0.25) is 0 Å². The zero-order valence-corrected chi connectivity index (χ0v) is 27.5. The van der Waals surface area contributed by atoms with E-state index < -0.39 is 0 Å². The molecule has 0 N–H and O–H groups in total. The smallest absolute Gasteiger partial charge is 0.160 e. The number of carbonyl (C=O) groups is 3. The highest BCUT2D eigenvalue weighted by Gasteiger charge is 2.08. The molecule has 6 rings (SSSR count). The molecule has 0 aliphatic heterocycles. The van der Waals surface area contributed by atoms with Crippen molar-refractivity contribution >= 4 is 38.9 Å². The Morgan fingerprint density at radius 2 is 0.957 bits per heavy atom. The fourth-order valence-corrected chi connectivity index (χ4v) is 5.02. The fourth-order valence-electron chi connectivity index (χ4n) is 5.02.